The molecule has 2 aromatic carbocycles. The zero-order chi connectivity index (χ0) is 20.4. The molecule has 1 saturated heterocycles. The molecule has 1 amide bonds. The highest BCUT2D eigenvalue weighted by Gasteiger charge is 2.29. The highest BCUT2D eigenvalue weighted by molar-refractivity contribution is 5.99. The zero-order valence-electron chi connectivity index (χ0n) is 17.6. The molecule has 0 N–H and O–H groups in total. The minimum absolute atomic E-state index is 0.164. The molecule has 152 valence electrons. The molecule has 3 aromatic rings. The van der Waals surface area contributed by atoms with Gasteiger partial charge in [-0.2, -0.15) is 0 Å². The summed E-state index contributed by atoms with van der Waals surface area (Å²) in [6.07, 6.45) is 5.31. The second-order valence-corrected chi connectivity index (χ2v) is 8.19. The highest BCUT2D eigenvalue weighted by Crippen LogP contribution is 2.27. The van der Waals surface area contributed by atoms with Gasteiger partial charge in [-0.05, 0) is 74.9 Å². The number of aromatic nitrogens is 1. The maximum absolute atomic E-state index is 13.5. The number of carbonyl (C=O) groups is 1. The summed E-state index contributed by atoms with van der Waals surface area (Å²) in [5.41, 5.74) is 4.39. The monoisotopic (exact) mass is 390 g/mol. The lowest BCUT2D eigenvalue weighted by Gasteiger charge is -2.36. The van der Waals surface area contributed by atoms with E-state index in [1.165, 1.54) is 17.5 Å². The van der Waals surface area contributed by atoms with Gasteiger partial charge in [0.15, 0.2) is 0 Å². The number of carbonyl (C=O) groups excluding carboxylic acids is 1. The van der Waals surface area contributed by atoms with Crippen molar-refractivity contribution >= 4 is 16.8 Å². The summed E-state index contributed by atoms with van der Waals surface area (Å²) in [7, 11) is 3.70. The minimum atomic E-state index is 0.164. The zero-order valence-corrected chi connectivity index (χ0v) is 17.6. The largest absolute Gasteiger partial charge is 0.497 e. The van der Waals surface area contributed by atoms with E-state index in [9.17, 15) is 4.79 Å². The Kier molecular flexibility index (Phi) is 5.61. The Morgan fingerprint density at radius 2 is 2.00 bits per heavy atom. The summed E-state index contributed by atoms with van der Waals surface area (Å²) in [4.78, 5) is 15.6. The second-order valence-electron chi connectivity index (χ2n) is 8.19. The molecule has 0 spiro atoms. The molecule has 0 saturated carbocycles. The Bertz CT molecular complexity index is 1020. The highest BCUT2D eigenvalue weighted by atomic mass is 16.5. The molecule has 4 rings (SSSR count). The van der Waals surface area contributed by atoms with Gasteiger partial charge in [0.2, 0.25) is 0 Å². The molecule has 0 radical (unpaired) electrons. The third-order valence-electron chi connectivity index (χ3n) is 6.21. The Morgan fingerprint density at radius 3 is 2.83 bits per heavy atom. The van der Waals surface area contributed by atoms with Crippen LogP contribution in [0.2, 0.25) is 0 Å². The van der Waals surface area contributed by atoms with E-state index >= 15 is 0 Å². The Hall–Kier alpha value is -2.75. The first-order valence-electron chi connectivity index (χ1n) is 10.6. The number of likely N-dealkylation sites (tertiary alicyclic amines) is 1. The van der Waals surface area contributed by atoms with Crippen LogP contribution in [0.4, 0.5) is 0 Å². The topological polar surface area (TPSA) is 34.5 Å². The molecule has 0 unspecified atom stereocenters. The van der Waals surface area contributed by atoms with Crippen molar-refractivity contribution in [1.29, 1.82) is 0 Å². The van der Waals surface area contributed by atoms with Crippen LogP contribution in [0.25, 0.3) is 10.9 Å². The third kappa shape index (κ3) is 4.02. The summed E-state index contributed by atoms with van der Waals surface area (Å²) >= 11 is 0. The Labute approximate surface area is 173 Å². The lowest BCUT2D eigenvalue weighted by atomic mass is 9.95. The second kappa shape index (κ2) is 8.32. The number of rotatable bonds is 5. The number of amides is 1. The van der Waals surface area contributed by atoms with Crippen molar-refractivity contribution in [3.8, 4) is 5.75 Å². The van der Waals surface area contributed by atoms with E-state index in [0.717, 1.165) is 54.6 Å². The molecule has 1 aliphatic heterocycles. The number of hydrogen-bond donors (Lipinski definition) is 0. The van der Waals surface area contributed by atoms with Gasteiger partial charge in [-0.15, -0.1) is 0 Å². The van der Waals surface area contributed by atoms with Crippen molar-refractivity contribution in [1.82, 2.24) is 9.47 Å². The standard InChI is InChI=1S/C25H30N2O2/c1-18-10-13-23-20(15-18)17-24(26(23)2)25(28)27-14-5-4-8-21(27)12-11-19-7-6-9-22(16-19)29-3/h6-7,9-10,13,15-17,21H,4-5,8,11-12,14H2,1-3H3/t21-/m0/s1. The lowest BCUT2D eigenvalue weighted by molar-refractivity contribution is 0.0592. The average Bonchev–Trinajstić information content (AvgIpc) is 3.07. The van der Waals surface area contributed by atoms with Crippen LogP contribution in [-0.4, -0.2) is 35.1 Å². The van der Waals surface area contributed by atoms with Crippen molar-refractivity contribution in [3.63, 3.8) is 0 Å². The first kappa shape index (κ1) is 19.6. The van der Waals surface area contributed by atoms with Crippen molar-refractivity contribution in [2.24, 2.45) is 7.05 Å². The van der Waals surface area contributed by atoms with E-state index < -0.39 is 0 Å². The molecular weight excluding hydrogens is 360 g/mol. The third-order valence-corrected chi connectivity index (χ3v) is 6.21. The van der Waals surface area contributed by atoms with Gasteiger partial charge in [-0.3, -0.25) is 4.79 Å². The van der Waals surface area contributed by atoms with Gasteiger partial charge in [0.1, 0.15) is 11.4 Å². The SMILES string of the molecule is COc1cccc(CC[C@@H]2CCCCN2C(=O)c2cc3cc(C)ccc3n2C)c1. The molecule has 2 heterocycles. The van der Waals surface area contributed by atoms with Crippen molar-refractivity contribution in [2.75, 3.05) is 13.7 Å². The summed E-state index contributed by atoms with van der Waals surface area (Å²) < 4.78 is 7.39. The number of hydrogen-bond acceptors (Lipinski definition) is 2. The fourth-order valence-corrected chi connectivity index (χ4v) is 4.55. The van der Waals surface area contributed by atoms with Crippen molar-refractivity contribution in [3.05, 3.63) is 65.4 Å². The summed E-state index contributed by atoms with van der Waals surface area (Å²) in [5.74, 6) is 1.06. The molecule has 4 nitrogen and oxygen atoms in total. The molecular formula is C25H30N2O2. The maximum atomic E-state index is 13.5. The van der Waals surface area contributed by atoms with Gasteiger partial charge in [0.05, 0.1) is 7.11 Å². The molecule has 4 heteroatoms. The first-order chi connectivity index (χ1) is 14.1. The number of fused-ring (bicyclic) bond motifs is 1. The van der Waals surface area contributed by atoms with Crippen LogP contribution in [0.1, 0.15) is 47.3 Å². The minimum Gasteiger partial charge on any atom is -0.497 e. The van der Waals surface area contributed by atoms with E-state index in [4.69, 9.17) is 4.74 Å². The molecule has 1 fully saturated rings. The summed E-state index contributed by atoms with van der Waals surface area (Å²) in [6, 6.07) is 17.0. The summed E-state index contributed by atoms with van der Waals surface area (Å²) in [6.45, 7) is 2.94. The molecule has 29 heavy (non-hydrogen) atoms. The van der Waals surface area contributed by atoms with Crippen molar-refractivity contribution < 1.29 is 9.53 Å². The van der Waals surface area contributed by atoms with Gasteiger partial charge < -0.3 is 14.2 Å². The smallest absolute Gasteiger partial charge is 0.270 e. The van der Waals surface area contributed by atoms with Gasteiger partial charge >= 0.3 is 0 Å². The van der Waals surface area contributed by atoms with Gasteiger partial charge in [-0.25, -0.2) is 0 Å². The van der Waals surface area contributed by atoms with E-state index in [-0.39, 0.29) is 5.91 Å². The maximum Gasteiger partial charge on any atom is 0.270 e. The van der Waals surface area contributed by atoms with Crippen LogP contribution in [0, 0.1) is 6.92 Å². The fourth-order valence-electron chi connectivity index (χ4n) is 4.55. The Morgan fingerprint density at radius 1 is 1.14 bits per heavy atom. The van der Waals surface area contributed by atoms with Crippen LogP contribution >= 0.6 is 0 Å². The fraction of sp³-hybridized carbons (Fsp3) is 0.400. The predicted octanol–water partition coefficient (Wildman–Crippen LogP) is 5.12. The average molecular weight is 391 g/mol. The number of nitrogens with zero attached hydrogens (tertiary/aromatic N) is 2. The van der Waals surface area contributed by atoms with E-state index in [2.05, 4.69) is 48.2 Å². The van der Waals surface area contributed by atoms with Crippen LogP contribution in [0.5, 0.6) is 5.75 Å². The Balaban J connectivity index is 1.54. The van der Waals surface area contributed by atoms with Gasteiger partial charge in [0, 0.05) is 30.5 Å². The normalized spacial score (nSPS) is 16.9. The van der Waals surface area contributed by atoms with Crippen LogP contribution in [-0.2, 0) is 13.5 Å². The molecule has 0 bridgehead atoms. The van der Waals surface area contributed by atoms with E-state index in [1.807, 2.05) is 23.7 Å². The summed E-state index contributed by atoms with van der Waals surface area (Å²) in [5, 5.41) is 1.14. The van der Waals surface area contributed by atoms with E-state index in [0.29, 0.717) is 6.04 Å². The molecule has 1 aliphatic rings. The van der Waals surface area contributed by atoms with Gasteiger partial charge in [-0.1, -0.05) is 23.8 Å². The van der Waals surface area contributed by atoms with Crippen molar-refractivity contribution in [2.45, 2.75) is 45.1 Å². The molecule has 0 aliphatic carbocycles. The predicted molar refractivity (Wildman–Crippen MR) is 118 cm³/mol. The number of piperidine rings is 1. The first-order valence-corrected chi connectivity index (χ1v) is 10.6. The van der Waals surface area contributed by atoms with Gasteiger partial charge in [0.25, 0.3) is 5.91 Å². The van der Waals surface area contributed by atoms with E-state index in [1.54, 1.807) is 7.11 Å². The number of ether oxygens (including phenoxy) is 1. The number of aryl methyl sites for hydroxylation is 3. The number of methoxy groups -OCH3 is 1. The van der Waals surface area contributed by atoms with Crippen LogP contribution < -0.4 is 4.74 Å². The van der Waals surface area contributed by atoms with Crippen LogP contribution in [0.15, 0.2) is 48.5 Å². The molecule has 1 atom stereocenters. The lowest BCUT2D eigenvalue weighted by Crippen LogP contribution is -2.44. The van der Waals surface area contributed by atoms with Crippen LogP contribution in [0.3, 0.4) is 0 Å². The quantitative estimate of drug-likeness (QED) is 0.606. The number of benzene rings is 2. The molecule has 1 aromatic heterocycles.